The second kappa shape index (κ2) is 10.1. The molecular weight excluding hydrogens is 502 g/mol. The molecule has 0 saturated carbocycles. The first kappa shape index (κ1) is 25.7. The zero-order chi connectivity index (χ0) is 27.1. The van der Waals surface area contributed by atoms with Crippen molar-refractivity contribution in [1.82, 2.24) is 0 Å². The van der Waals surface area contributed by atoms with Crippen LogP contribution in [0.1, 0.15) is 0 Å². The van der Waals surface area contributed by atoms with Gasteiger partial charge in [-0.3, -0.25) is 0 Å². The van der Waals surface area contributed by atoms with Crippen molar-refractivity contribution in [3.63, 3.8) is 0 Å². The van der Waals surface area contributed by atoms with Gasteiger partial charge in [-0.05, 0) is 35.7 Å². The van der Waals surface area contributed by atoms with Gasteiger partial charge < -0.3 is 54.4 Å². The second-order valence-electron chi connectivity index (χ2n) is 8.88. The van der Waals surface area contributed by atoms with E-state index in [9.17, 15) is 9.90 Å². The molecule has 0 fully saturated rings. The lowest BCUT2D eigenvalue weighted by Crippen LogP contribution is -2.52. The minimum Gasteiger partial charge on any atom is -0.547 e. The number of rotatable bonds is 5. The normalized spacial score (nSPS) is 16.7. The first-order chi connectivity index (χ1) is 18.2. The maximum atomic E-state index is 9.98. The molecule has 12 heteroatoms. The summed E-state index contributed by atoms with van der Waals surface area (Å²) >= 11 is 0. The molecule has 38 heavy (non-hydrogen) atoms. The third kappa shape index (κ3) is 4.38. The topological polar surface area (TPSA) is 182 Å². The summed E-state index contributed by atoms with van der Waals surface area (Å²) in [5, 5.41) is 59.1. The molecular formula is C26H25NO11. The highest BCUT2D eigenvalue weighted by Crippen LogP contribution is 2.43. The lowest BCUT2D eigenvalue weighted by atomic mass is 10.00. The van der Waals surface area contributed by atoms with E-state index in [0.717, 1.165) is 50.1 Å². The van der Waals surface area contributed by atoms with Gasteiger partial charge in [0.2, 0.25) is 19.1 Å². The molecule has 0 aliphatic carbocycles. The van der Waals surface area contributed by atoms with Crippen LogP contribution in [0, 0.1) is 0 Å². The summed E-state index contributed by atoms with van der Waals surface area (Å²) in [7, 11) is 2.06. The number of carboxylic acid groups (broad SMARTS) is 1. The number of carbonyl (C=O) groups excluding carboxylic acids is 1. The number of aromatic nitrogens is 1. The molecule has 0 unspecified atom stereocenters. The number of benzene rings is 3. The average molecular weight is 527 g/mol. The molecule has 6 rings (SSSR count). The smallest absolute Gasteiger partial charge is 0.231 e. The standard InChI is InChI=1S/C20H14NO4.C6H12O7/c1-21-8-15-12(4-5-16-20(15)25-10-22-16)13-3-2-11-6-17-18(24-9-23-17)7-14(11)19(13)21;7-1-2(8)3(9)4(10)5(11)6(12)13/h2-8H,9-10H2,1H3;2-5,7-11H,1H2,(H,12,13)/q+1;/p-1/t;2-,3-,4+,5-/m.1/s1. The summed E-state index contributed by atoms with van der Waals surface area (Å²) in [6.07, 6.45) is -5.97. The van der Waals surface area contributed by atoms with Crippen LogP contribution in [0.2, 0.25) is 0 Å². The molecule has 0 saturated heterocycles. The Hall–Kier alpha value is -3.94. The molecule has 1 aromatic heterocycles. The van der Waals surface area contributed by atoms with Gasteiger partial charge in [0.25, 0.3) is 0 Å². The van der Waals surface area contributed by atoms with Gasteiger partial charge in [0, 0.05) is 5.39 Å². The van der Waals surface area contributed by atoms with Crippen LogP contribution in [-0.4, -0.2) is 76.1 Å². The Morgan fingerprint density at radius 2 is 1.53 bits per heavy atom. The first-order valence-corrected chi connectivity index (χ1v) is 11.6. The molecule has 0 bridgehead atoms. The van der Waals surface area contributed by atoms with Gasteiger partial charge in [0.15, 0.2) is 29.2 Å². The molecule has 0 radical (unpaired) electrons. The number of carbonyl (C=O) groups is 1. The SMILES string of the molecule is C[n+]1cc2c3c(ccc2c2ccc4cc5c(cc4c21)OCO5)OCO3.O=C([O-])[C@H](O)[C@@H](O)[C@H](O)[C@H](O)CO. The van der Waals surface area contributed by atoms with Gasteiger partial charge >= 0.3 is 0 Å². The number of aliphatic hydroxyl groups excluding tert-OH is 5. The van der Waals surface area contributed by atoms with E-state index in [-0.39, 0.29) is 13.6 Å². The van der Waals surface area contributed by atoms with E-state index in [4.69, 9.17) is 44.5 Å². The highest BCUT2D eigenvalue weighted by atomic mass is 16.7. The summed E-state index contributed by atoms with van der Waals surface area (Å²) in [5.74, 6) is 1.25. The fourth-order valence-corrected chi connectivity index (χ4v) is 4.57. The average Bonchev–Trinajstić information content (AvgIpc) is 3.59. The zero-order valence-electron chi connectivity index (χ0n) is 20.1. The first-order valence-electron chi connectivity index (χ1n) is 11.6. The van der Waals surface area contributed by atoms with Crippen LogP contribution in [0.15, 0.2) is 42.6 Å². The maximum Gasteiger partial charge on any atom is 0.231 e. The molecule has 3 aromatic carbocycles. The summed E-state index contributed by atoms with van der Waals surface area (Å²) in [6.45, 7) is -0.308. The van der Waals surface area contributed by atoms with Crippen LogP contribution in [-0.2, 0) is 11.8 Å². The molecule has 2 aliphatic heterocycles. The Balaban J connectivity index is 0.000000195. The summed E-state index contributed by atoms with van der Waals surface area (Å²) in [5.41, 5.74) is 1.15. The van der Waals surface area contributed by atoms with Crippen LogP contribution in [0.3, 0.4) is 0 Å². The van der Waals surface area contributed by atoms with Gasteiger partial charge in [-0.1, -0.05) is 6.07 Å². The number of nitrogens with zero attached hydrogens (tertiary/aromatic N) is 1. The van der Waals surface area contributed by atoms with E-state index in [1.807, 2.05) is 12.1 Å². The van der Waals surface area contributed by atoms with Crippen molar-refractivity contribution in [1.29, 1.82) is 0 Å². The van der Waals surface area contributed by atoms with Gasteiger partial charge in [0.1, 0.15) is 31.5 Å². The number of fused-ring (bicyclic) bond motifs is 8. The number of ether oxygens (including phenoxy) is 4. The Bertz CT molecular complexity index is 1540. The molecule has 2 aliphatic rings. The molecule has 4 atom stereocenters. The van der Waals surface area contributed by atoms with E-state index in [2.05, 4.69) is 42.1 Å². The molecule has 200 valence electrons. The number of pyridine rings is 1. The van der Waals surface area contributed by atoms with Gasteiger partial charge in [-0.15, -0.1) is 0 Å². The van der Waals surface area contributed by atoms with E-state index in [0.29, 0.717) is 0 Å². The lowest BCUT2D eigenvalue weighted by Gasteiger charge is -2.25. The fourth-order valence-electron chi connectivity index (χ4n) is 4.57. The summed E-state index contributed by atoms with van der Waals surface area (Å²) in [6, 6.07) is 12.5. The zero-order valence-corrected chi connectivity index (χ0v) is 20.1. The number of hydrogen-bond donors (Lipinski definition) is 5. The third-order valence-corrected chi connectivity index (χ3v) is 6.52. The van der Waals surface area contributed by atoms with Crippen LogP contribution >= 0.6 is 0 Å². The van der Waals surface area contributed by atoms with Crippen molar-refractivity contribution in [2.45, 2.75) is 24.4 Å². The van der Waals surface area contributed by atoms with Crippen molar-refractivity contribution in [2.24, 2.45) is 7.05 Å². The lowest BCUT2D eigenvalue weighted by molar-refractivity contribution is -0.642. The van der Waals surface area contributed by atoms with Crippen molar-refractivity contribution in [3.8, 4) is 23.0 Å². The maximum absolute atomic E-state index is 9.98. The van der Waals surface area contributed by atoms with Crippen LogP contribution in [0.4, 0.5) is 0 Å². The number of hydrogen-bond acceptors (Lipinski definition) is 11. The van der Waals surface area contributed by atoms with Crippen molar-refractivity contribution >= 4 is 38.4 Å². The van der Waals surface area contributed by atoms with Crippen molar-refractivity contribution in [3.05, 3.63) is 42.6 Å². The second-order valence-corrected chi connectivity index (χ2v) is 8.88. The predicted octanol–water partition coefficient (Wildman–Crippen LogP) is -1.40. The van der Waals surface area contributed by atoms with E-state index in [1.165, 1.54) is 5.39 Å². The fraction of sp³-hybridized carbons (Fsp3) is 0.308. The quantitative estimate of drug-likeness (QED) is 0.152. The monoisotopic (exact) mass is 527 g/mol. The van der Waals surface area contributed by atoms with E-state index < -0.39 is 37.0 Å². The molecule has 0 spiro atoms. The van der Waals surface area contributed by atoms with Gasteiger partial charge in [-0.25, -0.2) is 0 Å². The number of aryl methyl sites for hydroxylation is 1. The predicted molar refractivity (Wildman–Crippen MR) is 129 cm³/mol. The minimum absolute atomic E-state index is 0.275. The molecule has 4 aromatic rings. The summed E-state index contributed by atoms with van der Waals surface area (Å²) in [4.78, 5) is 9.98. The third-order valence-electron chi connectivity index (χ3n) is 6.52. The Labute approximate surface area is 215 Å². The molecule has 12 nitrogen and oxygen atoms in total. The Morgan fingerprint density at radius 1 is 0.868 bits per heavy atom. The molecule has 5 N–H and O–H groups in total. The van der Waals surface area contributed by atoms with Gasteiger partial charge in [-0.2, -0.15) is 4.57 Å². The Kier molecular flexibility index (Phi) is 6.82. The van der Waals surface area contributed by atoms with Crippen molar-refractivity contribution in [2.75, 3.05) is 20.2 Å². The largest absolute Gasteiger partial charge is 0.547 e. The molecule has 0 amide bonds. The van der Waals surface area contributed by atoms with Gasteiger partial charge in [0.05, 0.1) is 28.7 Å². The van der Waals surface area contributed by atoms with E-state index in [1.54, 1.807) is 0 Å². The highest BCUT2D eigenvalue weighted by molar-refractivity contribution is 6.15. The van der Waals surface area contributed by atoms with Crippen LogP contribution in [0.5, 0.6) is 23.0 Å². The highest BCUT2D eigenvalue weighted by Gasteiger charge is 2.30. The number of aliphatic hydroxyl groups is 5. The number of carboxylic acids is 1. The number of aliphatic carboxylic acids is 1. The Morgan fingerprint density at radius 3 is 2.24 bits per heavy atom. The van der Waals surface area contributed by atoms with Crippen LogP contribution < -0.4 is 28.6 Å². The summed E-state index contributed by atoms with van der Waals surface area (Å²) < 4.78 is 24.4. The minimum atomic E-state index is -2.31. The van der Waals surface area contributed by atoms with E-state index >= 15 is 0 Å². The van der Waals surface area contributed by atoms with Crippen molar-refractivity contribution < 1.29 is 58.9 Å². The molecule has 3 heterocycles. The van der Waals surface area contributed by atoms with Crippen LogP contribution in [0.25, 0.3) is 32.4 Å².